The maximum atomic E-state index is 12.0. The summed E-state index contributed by atoms with van der Waals surface area (Å²) in [7, 11) is 0. The third-order valence-electron chi connectivity index (χ3n) is 2.70. The Morgan fingerprint density at radius 1 is 1.19 bits per heavy atom. The molecule has 4 nitrogen and oxygen atoms in total. The van der Waals surface area contributed by atoms with Crippen molar-refractivity contribution in [2.75, 3.05) is 6.54 Å². The summed E-state index contributed by atoms with van der Waals surface area (Å²) in [6, 6.07) is 8.87. The van der Waals surface area contributed by atoms with Crippen molar-refractivity contribution in [3.05, 3.63) is 54.0 Å². The summed E-state index contributed by atoms with van der Waals surface area (Å²) in [6.45, 7) is 0.679. The molecule has 1 heterocycles. The molecule has 0 fully saturated rings. The number of benzene rings is 1. The maximum absolute atomic E-state index is 12.0. The van der Waals surface area contributed by atoms with Crippen LogP contribution < -0.4 is 10.1 Å². The van der Waals surface area contributed by atoms with Crippen LogP contribution >= 0.6 is 0 Å². The van der Waals surface area contributed by atoms with E-state index in [4.69, 9.17) is 4.42 Å². The predicted octanol–water partition coefficient (Wildman–Crippen LogP) is 3.00. The molecule has 7 heteroatoms. The second kappa shape index (κ2) is 6.64. The molecule has 1 aromatic heterocycles. The van der Waals surface area contributed by atoms with E-state index < -0.39 is 12.5 Å². The van der Waals surface area contributed by atoms with Gasteiger partial charge in [0.2, 0.25) is 0 Å². The normalized spacial score (nSPS) is 13.1. The van der Waals surface area contributed by atoms with Gasteiger partial charge in [-0.25, -0.2) is 0 Å². The van der Waals surface area contributed by atoms with Crippen molar-refractivity contribution in [2.24, 2.45) is 0 Å². The molecule has 1 atom stereocenters. The molecular weight excluding hydrogens is 287 g/mol. The average Bonchev–Trinajstić information content (AvgIpc) is 2.93. The van der Waals surface area contributed by atoms with Crippen molar-refractivity contribution in [3.8, 4) is 5.75 Å². The molecule has 2 aromatic rings. The van der Waals surface area contributed by atoms with E-state index in [0.29, 0.717) is 12.3 Å². The Labute approximate surface area is 119 Å². The summed E-state index contributed by atoms with van der Waals surface area (Å²) in [5.41, 5.74) is 0.774. The molecule has 0 bridgehead atoms. The Morgan fingerprint density at radius 3 is 2.48 bits per heavy atom. The van der Waals surface area contributed by atoms with Crippen LogP contribution in [0.1, 0.15) is 17.4 Å². The van der Waals surface area contributed by atoms with E-state index in [1.54, 1.807) is 12.1 Å². The first-order chi connectivity index (χ1) is 9.94. The van der Waals surface area contributed by atoms with Crippen LogP contribution in [-0.2, 0) is 6.54 Å². The first kappa shape index (κ1) is 15.4. The Morgan fingerprint density at radius 2 is 1.90 bits per heavy atom. The minimum absolute atomic E-state index is 0.262. The number of hydrogen-bond acceptors (Lipinski definition) is 4. The van der Waals surface area contributed by atoms with E-state index in [1.807, 2.05) is 0 Å². The molecule has 2 rings (SSSR count). The van der Waals surface area contributed by atoms with Crippen LogP contribution in [0.15, 0.2) is 47.1 Å². The summed E-state index contributed by atoms with van der Waals surface area (Å²) in [5.74, 6) is 0.193. The van der Waals surface area contributed by atoms with Crippen LogP contribution in [0.4, 0.5) is 13.2 Å². The van der Waals surface area contributed by atoms with Crippen molar-refractivity contribution in [1.82, 2.24) is 5.32 Å². The lowest BCUT2D eigenvalue weighted by molar-refractivity contribution is -0.274. The van der Waals surface area contributed by atoms with Gasteiger partial charge in [0.05, 0.1) is 6.26 Å². The maximum Gasteiger partial charge on any atom is 0.573 e. The molecule has 114 valence electrons. The first-order valence-electron chi connectivity index (χ1n) is 6.21. The van der Waals surface area contributed by atoms with Crippen LogP contribution in [-0.4, -0.2) is 18.0 Å². The van der Waals surface area contributed by atoms with Crippen LogP contribution in [0.5, 0.6) is 5.75 Å². The molecule has 0 saturated carbocycles. The molecule has 1 unspecified atom stereocenters. The van der Waals surface area contributed by atoms with Crippen molar-refractivity contribution in [3.63, 3.8) is 0 Å². The number of aliphatic hydroxyl groups is 1. The Kier molecular flexibility index (Phi) is 4.87. The summed E-state index contributed by atoms with van der Waals surface area (Å²) < 4.78 is 44.8. The Balaban J connectivity index is 1.78. The van der Waals surface area contributed by atoms with E-state index in [-0.39, 0.29) is 12.3 Å². The number of furan rings is 1. The zero-order valence-electron chi connectivity index (χ0n) is 10.9. The zero-order chi connectivity index (χ0) is 15.3. The molecule has 21 heavy (non-hydrogen) atoms. The highest BCUT2D eigenvalue weighted by atomic mass is 19.4. The summed E-state index contributed by atoms with van der Waals surface area (Å²) in [4.78, 5) is 0. The summed E-state index contributed by atoms with van der Waals surface area (Å²) in [5, 5.41) is 12.7. The van der Waals surface area contributed by atoms with Gasteiger partial charge in [-0.2, -0.15) is 0 Å². The molecule has 0 aliphatic carbocycles. The largest absolute Gasteiger partial charge is 0.573 e. The van der Waals surface area contributed by atoms with Gasteiger partial charge in [-0.1, -0.05) is 12.1 Å². The highest BCUT2D eigenvalue weighted by Gasteiger charge is 2.30. The topological polar surface area (TPSA) is 54.6 Å². The molecule has 0 amide bonds. The van der Waals surface area contributed by atoms with Crippen molar-refractivity contribution in [2.45, 2.75) is 19.0 Å². The van der Waals surface area contributed by atoms with Crippen molar-refractivity contribution >= 4 is 0 Å². The fourth-order valence-corrected chi connectivity index (χ4v) is 1.74. The lowest BCUT2D eigenvalue weighted by Gasteiger charge is -2.11. The minimum Gasteiger partial charge on any atom is -0.467 e. The first-order valence-corrected chi connectivity index (χ1v) is 6.21. The highest BCUT2D eigenvalue weighted by molar-refractivity contribution is 5.27. The fraction of sp³-hybridized carbons (Fsp3) is 0.286. The monoisotopic (exact) mass is 301 g/mol. The number of nitrogens with one attached hydrogen (secondary N) is 1. The lowest BCUT2D eigenvalue weighted by Crippen LogP contribution is -2.21. The highest BCUT2D eigenvalue weighted by Crippen LogP contribution is 2.22. The zero-order valence-corrected chi connectivity index (χ0v) is 10.9. The van der Waals surface area contributed by atoms with Gasteiger partial charge in [0, 0.05) is 13.1 Å². The lowest BCUT2D eigenvalue weighted by atomic mass is 10.2. The van der Waals surface area contributed by atoms with Crippen LogP contribution in [0.25, 0.3) is 0 Å². The standard InChI is InChI=1S/C14H14F3NO3/c15-14(16,17)21-11-5-3-10(4-6-11)8-18-9-12(19)13-2-1-7-20-13/h1-7,12,18-19H,8-9H2. The van der Waals surface area contributed by atoms with E-state index in [9.17, 15) is 18.3 Å². The number of alkyl halides is 3. The number of ether oxygens (including phenoxy) is 1. The van der Waals surface area contributed by atoms with Crippen molar-refractivity contribution < 1.29 is 27.4 Å². The minimum atomic E-state index is -4.69. The molecular formula is C14H14F3NO3. The van der Waals surface area contributed by atoms with Gasteiger partial charge in [-0.3, -0.25) is 0 Å². The number of hydrogen-bond donors (Lipinski definition) is 2. The Hall–Kier alpha value is -1.99. The molecule has 0 aliphatic rings. The van der Waals surface area contributed by atoms with Crippen LogP contribution in [0.3, 0.4) is 0 Å². The van der Waals surface area contributed by atoms with Gasteiger partial charge in [0.1, 0.15) is 17.6 Å². The van der Waals surface area contributed by atoms with E-state index >= 15 is 0 Å². The number of aliphatic hydroxyl groups excluding tert-OH is 1. The molecule has 0 saturated heterocycles. The van der Waals surface area contributed by atoms with Gasteiger partial charge < -0.3 is 19.6 Å². The van der Waals surface area contributed by atoms with Gasteiger partial charge in [0.15, 0.2) is 0 Å². The number of halogens is 3. The SMILES string of the molecule is OC(CNCc1ccc(OC(F)(F)F)cc1)c1ccco1. The smallest absolute Gasteiger partial charge is 0.467 e. The molecule has 1 aromatic carbocycles. The third-order valence-corrected chi connectivity index (χ3v) is 2.70. The quantitative estimate of drug-likeness (QED) is 0.861. The Bertz CT molecular complexity index is 538. The second-order valence-corrected chi connectivity index (χ2v) is 4.35. The number of rotatable bonds is 6. The van der Waals surface area contributed by atoms with Crippen molar-refractivity contribution in [1.29, 1.82) is 0 Å². The van der Waals surface area contributed by atoms with Gasteiger partial charge in [-0.05, 0) is 29.8 Å². The third kappa shape index (κ3) is 5.13. The predicted molar refractivity (Wildman–Crippen MR) is 68.5 cm³/mol. The molecule has 0 spiro atoms. The van der Waals surface area contributed by atoms with Crippen LogP contribution in [0, 0.1) is 0 Å². The van der Waals surface area contributed by atoms with Gasteiger partial charge in [-0.15, -0.1) is 13.2 Å². The van der Waals surface area contributed by atoms with E-state index in [2.05, 4.69) is 10.1 Å². The summed E-state index contributed by atoms with van der Waals surface area (Å²) >= 11 is 0. The van der Waals surface area contributed by atoms with Gasteiger partial charge in [0.25, 0.3) is 0 Å². The molecule has 2 N–H and O–H groups in total. The summed E-state index contributed by atoms with van der Waals surface area (Å²) in [6.07, 6.45) is -3.99. The average molecular weight is 301 g/mol. The van der Waals surface area contributed by atoms with E-state index in [0.717, 1.165) is 5.56 Å². The fourth-order valence-electron chi connectivity index (χ4n) is 1.74. The second-order valence-electron chi connectivity index (χ2n) is 4.35. The molecule has 0 radical (unpaired) electrons. The molecule has 0 aliphatic heterocycles. The van der Waals surface area contributed by atoms with E-state index in [1.165, 1.54) is 30.5 Å². The van der Waals surface area contributed by atoms with Crippen LogP contribution in [0.2, 0.25) is 0 Å². The van der Waals surface area contributed by atoms with Gasteiger partial charge >= 0.3 is 6.36 Å².